The third-order valence-corrected chi connectivity index (χ3v) is 4.49. The lowest BCUT2D eigenvalue weighted by molar-refractivity contribution is -0.119. The Morgan fingerprint density at radius 3 is 2.72 bits per heavy atom. The quantitative estimate of drug-likeness (QED) is 0.674. The van der Waals surface area contributed by atoms with Crippen molar-refractivity contribution in [3.8, 4) is 0 Å². The number of benzene rings is 1. The lowest BCUT2D eigenvalue weighted by atomic mass is 10.2. The van der Waals surface area contributed by atoms with Gasteiger partial charge in [0.2, 0.25) is 5.91 Å². The van der Waals surface area contributed by atoms with E-state index >= 15 is 0 Å². The average Bonchev–Trinajstić information content (AvgIpc) is 3.15. The number of nitrogens with one attached hydrogen (secondary N) is 1. The van der Waals surface area contributed by atoms with Gasteiger partial charge >= 0.3 is 0 Å². The van der Waals surface area contributed by atoms with Crippen molar-refractivity contribution in [1.29, 1.82) is 0 Å². The molecule has 1 atom stereocenters. The molecule has 0 radical (unpaired) electrons. The van der Waals surface area contributed by atoms with E-state index in [1.165, 1.54) is 0 Å². The van der Waals surface area contributed by atoms with Crippen molar-refractivity contribution in [1.82, 2.24) is 19.6 Å². The Morgan fingerprint density at radius 1 is 1.36 bits per heavy atom. The zero-order valence-corrected chi connectivity index (χ0v) is 16.1. The number of hydrogen-bond acceptors (Lipinski definition) is 3. The summed E-state index contributed by atoms with van der Waals surface area (Å²) in [5, 5.41) is 12.1. The Kier molecular flexibility index (Phi) is 5.24. The summed E-state index contributed by atoms with van der Waals surface area (Å²) in [5.74, 6) is 0.348. The van der Waals surface area contributed by atoms with Gasteiger partial charge in [-0.25, -0.2) is 0 Å². The number of carbonyl (C=O) groups excluding carboxylic acids is 1. The summed E-state index contributed by atoms with van der Waals surface area (Å²) in [7, 11) is 0. The number of anilines is 1. The first kappa shape index (κ1) is 17.7. The molecule has 0 aliphatic heterocycles. The fourth-order valence-corrected chi connectivity index (χ4v) is 2.80. The molecule has 1 amide bonds. The van der Waals surface area contributed by atoms with E-state index in [2.05, 4.69) is 31.4 Å². The molecule has 0 saturated carbocycles. The Balaban J connectivity index is 1.69. The topological polar surface area (TPSA) is 64.7 Å². The van der Waals surface area contributed by atoms with Crippen LogP contribution in [0.3, 0.4) is 0 Å². The van der Waals surface area contributed by atoms with Crippen LogP contribution in [0, 0.1) is 6.92 Å². The first-order valence-corrected chi connectivity index (χ1v) is 8.89. The fraction of sp³-hybridized carbons (Fsp3) is 0.235. The molecule has 1 N–H and O–H groups in total. The molecule has 3 rings (SSSR count). The van der Waals surface area contributed by atoms with Gasteiger partial charge in [-0.2, -0.15) is 10.2 Å². The highest BCUT2D eigenvalue weighted by Gasteiger charge is 2.17. The van der Waals surface area contributed by atoms with Crippen molar-refractivity contribution in [3.63, 3.8) is 0 Å². The summed E-state index contributed by atoms with van der Waals surface area (Å²) in [5.41, 5.74) is 2.04. The van der Waals surface area contributed by atoms with Crippen LogP contribution in [-0.4, -0.2) is 25.5 Å². The van der Waals surface area contributed by atoms with Crippen molar-refractivity contribution in [2.75, 3.05) is 5.32 Å². The van der Waals surface area contributed by atoms with Crippen molar-refractivity contribution >= 4 is 39.3 Å². The molecule has 25 heavy (non-hydrogen) atoms. The molecule has 1 aromatic carbocycles. The molecule has 0 aliphatic carbocycles. The maximum absolute atomic E-state index is 12.4. The maximum atomic E-state index is 12.4. The molecule has 130 valence electrons. The molecule has 0 fully saturated rings. The minimum absolute atomic E-state index is 0.174. The van der Waals surface area contributed by atoms with Gasteiger partial charge in [-0.15, -0.1) is 0 Å². The van der Waals surface area contributed by atoms with E-state index in [1.807, 2.05) is 41.9 Å². The SMILES string of the molecule is Cc1cc(NC(=O)C(C)n2cc(Br)cn2)nn1Cc1ccc(Cl)cc1. The highest BCUT2D eigenvalue weighted by atomic mass is 79.9. The number of carbonyl (C=O) groups is 1. The molecule has 3 aromatic rings. The summed E-state index contributed by atoms with van der Waals surface area (Å²) >= 11 is 9.24. The minimum atomic E-state index is -0.437. The molecule has 6 nitrogen and oxygen atoms in total. The third kappa shape index (κ3) is 4.29. The van der Waals surface area contributed by atoms with E-state index in [9.17, 15) is 4.79 Å². The van der Waals surface area contributed by atoms with Crippen LogP contribution in [0.5, 0.6) is 0 Å². The first-order chi connectivity index (χ1) is 11.9. The van der Waals surface area contributed by atoms with E-state index in [0.717, 1.165) is 15.7 Å². The van der Waals surface area contributed by atoms with Gasteiger partial charge in [-0.1, -0.05) is 23.7 Å². The van der Waals surface area contributed by atoms with E-state index in [4.69, 9.17) is 11.6 Å². The Morgan fingerprint density at radius 2 is 2.08 bits per heavy atom. The summed E-state index contributed by atoms with van der Waals surface area (Å²) in [6, 6.07) is 9.02. The maximum Gasteiger partial charge on any atom is 0.250 e. The van der Waals surface area contributed by atoms with Gasteiger partial charge in [0.15, 0.2) is 5.82 Å². The minimum Gasteiger partial charge on any atom is -0.307 e. The molecule has 2 heterocycles. The van der Waals surface area contributed by atoms with Crippen LogP contribution in [0.4, 0.5) is 5.82 Å². The Labute approximate surface area is 158 Å². The lowest BCUT2D eigenvalue weighted by Crippen LogP contribution is -2.24. The van der Waals surface area contributed by atoms with Crippen molar-refractivity contribution in [2.24, 2.45) is 0 Å². The number of amides is 1. The summed E-state index contributed by atoms with van der Waals surface area (Å²) in [6.07, 6.45) is 3.41. The van der Waals surface area contributed by atoms with Crippen LogP contribution >= 0.6 is 27.5 Å². The fourth-order valence-electron chi connectivity index (χ4n) is 2.37. The Hall–Kier alpha value is -2.12. The predicted molar refractivity (Wildman–Crippen MR) is 101 cm³/mol. The third-order valence-electron chi connectivity index (χ3n) is 3.82. The van der Waals surface area contributed by atoms with Gasteiger partial charge in [-0.3, -0.25) is 14.2 Å². The van der Waals surface area contributed by atoms with Gasteiger partial charge in [-0.05, 0) is 47.5 Å². The predicted octanol–water partition coefficient (Wildman–Crippen LogP) is 4.05. The monoisotopic (exact) mass is 421 g/mol. The van der Waals surface area contributed by atoms with E-state index in [-0.39, 0.29) is 5.91 Å². The lowest BCUT2D eigenvalue weighted by Gasteiger charge is -2.11. The van der Waals surface area contributed by atoms with Gasteiger partial charge < -0.3 is 5.32 Å². The van der Waals surface area contributed by atoms with Crippen LogP contribution < -0.4 is 5.32 Å². The van der Waals surface area contributed by atoms with Crippen LogP contribution in [-0.2, 0) is 11.3 Å². The molecule has 0 spiro atoms. The standard InChI is InChI=1S/C17H17BrClN5O/c1-11-7-16(21-17(25)12(2)24-10-14(18)8-20-24)22-23(11)9-13-3-5-15(19)6-4-13/h3-8,10,12H,9H2,1-2H3,(H,21,22,25). The second-order valence-corrected chi connectivity index (χ2v) is 7.11. The van der Waals surface area contributed by atoms with Gasteiger partial charge in [0, 0.05) is 23.0 Å². The Bertz CT molecular complexity index is 887. The molecule has 8 heteroatoms. The van der Waals surface area contributed by atoms with Crippen LogP contribution in [0.2, 0.25) is 5.02 Å². The molecule has 1 unspecified atom stereocenters. The van der Waals surface area contributed by atoms with Gasteiger partial charge in [0.05, 0.1) is 17.2 Å². The smallest absolute Gasteiger partial charge is 0.250 e. The summed E-state index contributed by atoms with van der Waals surface area (Å²) < 4.78 is 4.26. The summed E-state index contributed by atoms with van der Waals surface area (Å²) in [4.78, 5) is 12.4. The van der Waals surface area contributed by atoms with E-state index in [0.29, 0.717) is 17.4 Å². The number of rotatable bonds is 5. The van der Waals surface area contributed by atoms with Gasteiger partial charge in [0.25, 0.3) is 0 Å². The molecule has 0 saturated heterocycles. The van der Waals surface area contributed by atoms with E-state index in [1.54, 1.807) is 24.0 Å². The highest BCUT2D eigenvalue weighted by Crippen LogP contribution is 2.16. The van der Waals surface area contributed by atoms with Crippen LogP contribution in [0.25, 0.3) is 0 Å². The zero-order chi connectivity index (χ0) is 18.0. The zero-order valence-electron chi connectivity index (χ0n) is 13.8. The number of halogens is 2. The number of aromatic nitrogens is 4. The van der Waals surface area contributed by atoms with Crippen LogP contribution in [0.15, 0.2) is 47.2 Å². The number of nitrogens with zero attached hydrogens (tertiary/aromatic N) is 4. The largest absolute Gasteiger partial charge is 0.307 e. The molecule has 0 bridgehead atoms. The van der Waals surface area contributed by atoms with Crippen molar-refractivity contribution in [3.05, 3.63) is 63.5 Å². The number of aryl methyl sites for hydroxylation is 1. The van der Waals surface area contributed by atoms with Gasteiger partial charge in [0.1, 0.15) is 6.04 Å². The van der Waals surface area contributed by atoms with Crippen molar-refractivity contribution < 1.29 is 4.79 Å². The summed E-state index contributed by atoms with van der Waals surface area (Å²) in [6.45, 7) is 4.35. The average molecular weight is 423 g/mol. The number of hydrogen-bond donors (Lipinski definition) is 1. The normalized spacial score (nSPS) is 12.2. The molecular formula is C17H17BrClN5O. The second-order valence-electron chi connectivity index (χ2n) is 5.76. The molecule has 2 aromatic heterocycles. The highest BCUT2D eigenvalue weighted by molar-refractivity contribution is 9.10. The van der Waals surface area contributed by atoms with Crippen molar-refractivity contribution in [2.45, 2.75) is 26.4 Å². The second kappa shape index (κ2) is 7.41. The van der Waals surface area contributed by atoms with Crippen LogP contribution in [0.1, 0.15) is 24.2 Å². The first-order valence-electron chi connectivity index (χ1n) is 7.72. The molecule has 0 aliphatic rings. The molecular weight excluding hydrogens is 406 g/mol. The van der Waals surface area contributed by atoms with E-state index < -0.39 is 6.04 Å².